The third-order valence-electron chi connectivity index (χ3n) is 3.58. The van der Waals surface area contributed by atoms with E-state index in [9.17, 15) is 0 Å². The summed E-state index contributed by atoms with van der Waals surface area (Å²) in [5.41, 5.74) is 2.73. The lowest BCUT2D eigenvalue weighted by molar-refractivity contribution is 0.397. The number of benzene rings is 1. The van der Waals surface area contributed by atoms with E-state index in [0.717, 1.165) is 18.6 Å². The molecule has 5 heteroatoms. The Morgan fingerprint density at radius 2 is 2.42 bits per heavy atom. The van der Waals surface area contributed by atoms with E-state index >= 15 is 0 Å². The Kier molecular flexibility index (Phi) is 3.46. The van der Waals surface area contributed by atoms with Crippen LogP contribution in [0.4, 0.5) is 0 Å². The highest BCUT2D eigenvalue weighted by atomic mass is 16.5. The van der Waals surface area contributed by atoms with Crippen molar-refractivity contribution in [3.05, 3.63) is 41.5 Å². The smallest absolute Gasteiger partial charge is 0.213 e. The molecule has 19 heavy (non-hydrogen) atoms. The van der Waals surface area contributed by atoms with E-state index in [2.05, 4.69) is 27.6 Å². The van der Waals surface area contributed by atoms with Crippen LogP contribution in [-0.2, 0) is 13.0 Å². The Morgan fingerprint density at radius 1 is 1.47 bits per heavy atom. The second-order valence-corrected chi connectivity index (χ2v) is 4.74. The van der Waals surface area contributed by atoms with Crippen LogP contribution < -0.4 is 10.1 Å². The Labute approximate surface area is 112 Å². The minimum atomic E-state index is 0.355. The number of aromatic nitrogens is 2. The maximum absolute atomic E-state index is 5.28. The second kappa shape index (κ2) is 5.40. The molecule has 2 aromatic rings. The van der Waals surface area contributed by atoms with E-state index < -0.39 is 0 Å². The summed E-state index contributed by atoms with van der Waals surface area (Å²) < 4.78 is 10.0. The number of nitrogens with zero attached hydrogens (tertiary/aromatic N) is 2. The molecule has 0 amide bonds. The zero-order valence-corrected chi connectivity index (χ0v) is 10.9. The van der Waals surface area contributed by atoms with E-state index in [4.69, 9.17) is 9.26 Å². The fourth-order valence-corrected chi connectivity index (χ4v) is 2.61. The van der Waals surface area contributed by atoms with Crippen molar-refractivity contribution < 1.29 is 9.26 Å². The van der Waals surface area contributed by atoms with Crippen molar-refractivity contribution >= 4 is 0 Å². The Bertz CT molecular complexity index is 540. The van der Waals surface area contributed by atoms with E-state index in [1.54, 1.807) is 7.11 Å². The summed E-state index contributed by atoms with van der Waals surface area (Å²) >= 11 is 0. The molecule has 0 saturated heterocycles. The molecule has 0 fully saturated rings. The quantitative estimate of drug-likeness (QED) is 0.912. The third-order valence-corrected chi connectivity index (χ3v) is 3.58. The van der Waals surface area contributed by atoms with Crippen LogP contribution in [0, 0.1) is 0 Å². The van der Waals surface area contributed by atoms with Crippen molar-refractivity contribution in [2.24, 2.45) is 0 Å². The number of aryl methyl sites for hydroxylation is 1. The lowest BCUT2D eigenvalue weighted by Crippen LogP contribution is -2.25. The van der Waals surface area contributed by atoms with Gasteiger partial charge in [0.15, 0.2) is 5.82 Å². The Morgan fingerprint density at radius 3 is 3.21 bits per heavy atom. The summed E-state index contributed by atoms with van der Waals surface area (Å²) in [6.07, 6.45) is 4.80. The van der Waals surface area contributed by atoms with Crippen LogP contribution in [0.1, 0.15) is 35.8 Å². The fourth-order valence-electron chi connectivity index (χ4n) is 2.61. The topological polar surface area (TPSA) is 60.2 Å². The summed E-state index contributed by atoms with van der Waals surface area (Å²) in [4.78, 5) is 4.02. The second-order valence-electron chi connectivity index (χ2n) is 4.74. The number of nitrogens with one attached hydrogen (secondary N) is 1. The first-order valence-electron chi connectivity index (χ1n) is 6.52. The van der Waals surface area contributed by atoms with Gasteiger partial charge in [-0.15, -0.1) is 0 Å². The average Bonchev–Trinajstić information content (AvgIpc) is 2.97. The molecule has 1 heterocycles. The molecule has 0 spiro atoms. The van der Waals surface area contributed by atoms with E-state index in [1.807, 2.05) is 6.07 Å². The molecule has 0 radical (unpaired) electrons. The standard InChI is InChI=1S/C14H17N3O2/c1-18-11-5-6-12-10(7-11)3-2-4-13(12)15-8-14-16-9-19-17-14/h5-7,9,13,15H,2-4,8H2,1H3. The molecule has 1 atom stereocenters. The van der Waals surface area contributed by atoms with Crippen molar-refractivity contribution in [1.29, 1.82) is 0 Å². The molecule has 1 aliphatic rings. The van der Waals surface area contributed by atoms with Crippen LogP contribution in [0.2, 0.25) is 0 Å². The maximum Gasteiger partial charge on any atom is 0.213 e. The summed E-state index contributed by atoms with van der Waals surface area (Å²) in [6, 6.07) is 6.67. The summed E-state index contributed by atoms with van der Waals surface area (Å²) in [5.74, 6) is 1.62. The lowest BCUT2D eigenvalue weighted by Gasteiger charge is -2.26. The number of hydrogen-bond donors (Lipinski definition) is 1. The summed E-state index contributed by atoms with van der Waals surface area (Å²) in [7, 11) is 1.70. The third kappa shape index (κ3) is 2.61. The molecule has 1 aliphatic carbocycles. The number of ether oxygens (including phenoxy) is 1. The normalized spacial score (nSPS) is 18.1. The molecule has 1 aromatic carbocycles. The molecular formula is C14H17N3O2. The van der Waals surface area contributed by atoms with Crippen LogP contribution in [0.25, 0.3) is 0 Å². The molecule has 3 rings (SSSR count). The minimum Gasteiger partial charge on any atom is -0.497 e. The van der Waals surface area contributed by atoms with Gasteiger partial charge >= 0.3 is 0 Å². The first-order valence-corrected chi connectivity index (χ1v) is 6.52. The lowest BCUT2D eigenvalue weighted by atomic mass is 9.87. The molecule has 1 unspecified atom stereocenters. The Balaban J connectivity index is 1.74. The van der Waals surface area contributed by atoms with Crippen LogP contribution in [0.15, 0.2) is 29.1 Å². The van der Waals surface area contributed by atoms with Crippen molar-refractivity contribution in [3.8, 4) is 5.75 Å². The average molecular weight is 259 g/mol. The molecule has 1 aromatic heterocycles. The minimum absolute atomic E-state index is 0.355. The molecule has 5 nitrogen and oxygen atoms in total. The van der Waals surface area contributed by atoms with Crippen LogP contribution >= 0.6 is 0 Å². The monoisotopic (exact) mass is 259 g/mol. The summed E-state index contributed by atoms with van der Waals surface area (Å²) in [5, 5.41) is 7.31. The Hall–Kier alpha value is -1.88. The molecule has 100 valence electrons. The first-order chi connectivity index (χ1) is 9.36. The van der Waals surface area contributed by atoms with Gasteiger partial charge in [-0.2, -0.15) is 4.98 Å². The molecular weight excluding hydrogens is 242 g/mol. The zero-order valence-electron chi connectivity index (χ0n) is 10.9. The first kappa shape index (κ1) is 12.2. The maximum atomic E-state index is 5.28. The number of rotatable bonds is 4. The predicted octanol–water partition coefficient (Wildman–Crippen LogP) is 2.25. The van der Waals surface area contributed by atoms with E-state index in [-0.39, 0.29) is 0 Å². The molecule has 0 bridgehead atoms. The van der Waals surface area contributed by atoms with Gasteiger partial charge in [0, 0.05) is 6.04 Å². The van der Waals surface area contributed by atoms with Gasteiger partial charge in [0.05, 0.1) is 13.7 Å². The van der Waals surface area contributed by atoms with Gasteiger partial charge in [-0.25, -0.2) is 0 Å². The zero-order chi connectivity index (χ0) is 13.1. The number of fused-ring (bicyclic) bond motifs is 1. The largest absolute Gasteiger partial charge is 0.497 e. The SMILES string of the molecule is COc1ccc2c(c1)CCCC2NCc1ncon1. The fraction of sp³-hybridized carbons (Fsp3) is 0.429. The van der Waals surface area contributed by atoms with Gasteiger partial charge in [0.2, 0.25) is 6.39 Å². The van der Waals surface area contributed by atoms with Gasteiger partial charge in [-0.3, -0.25) is 0 Å². The molecule has 0 saturated carbocycles. The van der Waals surface area contributed by atoms with Gasteiger partial charge in [-0.1, -0.05) is 11.2 Å². The van der Waals surface area contributed by atoms with Crippen molar-refractivity contribution in [2.75, 3.05) is 7.11 Å². The van der Waals surface area contributed by atoms with Crippen LogP contribution in [-0.4, -0.2) is 17.3 Å². The van der Waals surface area contributed by atoms with Crippen molar-refractivity contribution in [3.63, 3.8) is 0 Å². The molecule has 0 aliphatic heterocycles. The number of methoxy groups -OCH3 is 1. The highest BCUT2D eigenvalue weighted by Crippen LogP contribution is 2.32. The summed E-state index contributed by atoms with van der Waals surface area (Å²) in [6.45, 7) is 0.632. The van der Waals surface area contributed by atoms with Crippen LogP contribution in [0.3, 0.4) is 0 Å². The van der Waals surface area contributed by atoms with Gasteiger partial charge in [0.1, 0.15) is 5.75 Å². The van der Waals surface area contributed by atoms with Gasteiger partial charge < -0.3 is 14.6 Å². The number of hydrogen-bond acceptors (Lipinski definition) is 5. The van der Waals surface area contributed by atoms with E-state index in [1.165, 1.54) is 23.9 Å². The highest BCUT2D eigenvalue weighted by molar-refractivity contribution is 5.39. The van der Waals surface area contributed by atoms with Gasteiger partial charge in [-0.05, 0) is 42.5 Å². The van der Waals surface area contributed by atoms with Crippen molar-refractivity contribution in [1.82, 2.24) is 15.5 Å². The van der Waals surface area contributed by atoms with Gasteiger partial charge in [0.25, 0.3) is 0 Å². The molecule has 1 N–H and O–H groups in total. The van der Waals surface area contributed by atoms with Crippen LogP contribution in [0.5, 0.6) is 5.75 Å². The van der Waals surface area contributed by atoms with Crippen molar-refractivity contribution in [2.45, 2.75) is 31.8 Å². The van der Waals surface area contributed by atoms with E-state index in [0.29, 0.717) is 18.4 Å². The highest BCUT2D eigenvalue weighted by Gasteiger charge is 2.20. The predicted molar refractivity (Wildman–Crippen MR) is 69.8 cm³/mol.